The summed E-state index contributed by atoms with van der Waals surface area (Å²) in [6, 6.07) is 10.9. The molecule has 30 heavy (non-hydrogen) atoms. The number of nitrogens with zero attached hydrogens (tertiary/aromatic N) is 2. The van der Waals surface area contributed by atoms with Crippen LogP contribution in [0.15, 0.2) is 41.5 Å². The van der Waals surface area contributed by atoms with E-state index in [-0.39, 0.29) is 16.8 Å². The molecule has 2 aromatic carbocycles. The van der Waals surface area contributed by atoms with Gasteiger partial charge in [-0.3, -0.25) is 4.79 Å². The van der Waals surface area contributed by atoms with Crippen molar-refractivity contribution in [2.75, 3.05) is 28.4 Å². The van der Waals surface area contributed by atoms with E-state index in [0.29, 0.717) is 29.4 Å². The standard InChI is InChI=1S/C22H25BrN2O5/c1-13(23)22(26)25-18(16-8-7-15(27-2)11-20(16)29-4)12-17(24-25)14-6-9-19(28-3)21(10-14)30-5/h6-11,13,18H,12H2,1-5H3. The average molecular weight is 477 g/mol. The Morgan fingerprint density at radius 3 is 2.30 bits per heavy atom. The van der Waals surface area contributed by atoms with Crippen molar-refractivity contribution in [3.05, 3.63) is 47.5 Å². The molecule has 1 aliphatic rings. The van der Waals surface area contributed by atoms with Crippen LogP contribution in [0, 0.1) is 0 Å². The van der Waals surface area contributed by atoms with E-state index in [1.165, 1.54) is 5.01 Å². The molecule has 2 atom stereocenters. The number of rotatable bonds is 7. The number of hydrogen-bond acceptors (Lipinski definition) is 6. The fourth-order valence-corrected chi connectivity index (χ4v) is 3.63. The number of methoxy groups -OCH3 is 4. The number of benzene rings is 2. The Morgan fingerprint density at radius 1 is 1.00 bits per heavy atom. The smallest absolute Gasteiger partial charge is 0.256 e. The fraction of sp³-hybridized carbons (Fsp3) is 0.364. The molecule has 0 N–H and O–H groups in total. The van der Waals surface area contributed by atoms with Crippen LogP contribution >= 0.6 is 15.9 Å². The lowest BCUT2D eigenvalue weighted by Gasteiger charge is -2.24. The molecule has 1 heterocycles. The van der Waals surface area contributed by atoms with Crippen molar-refractivity contribution in [1.82, 2.24) is 5.01 Å². The average Bonchev–Trinajstić information content (AvgIpc) is 3.22. The van der Waals surface area contributed by atoms with Crippen molar-refractivity contribution in [1.29, 1.82) is 0 Å². The minimum atomic E-state index is -0.377. The van der Waals surface area contributed by atoms with Gasteiger partial charge in [-0.15, -0.1) is 0 Å². The minimum absolute atomic E-state index is 0.131. The van der Waals surface area contributed by atoms with Gasteiger partial charge in [0.1, 0.15) is 11.5 Å². The molecule has 0 aromatic heterocycles. The summed E-state index contributed by atoms with van der Waals surface area (Å²) in [5.41, 5.74) is 2.50. The predicted molar refractivity (Wildman–Crippen MR) is 118 cm³/mol. The first-order chi connectivity index (χ1) is 14.4. The van der Waals surface area contributed by atoms with Crippen molar-refractivity contribution in [3.63, 3.8) is 0 Å². The van der Waals surface area contributed by atoms with Crippen LogP contribution < -0.4 is 18.9 Å². The van der Waals surface area contributed by atoms with Crippen molar-refractivity contribution >= 4 is 27.5 Å². The quantitative estimate of drug-likeness (QED) is 0.560. The van der Waals surface area contributed by atoms with E-state index in [1.54, 1.807) is 35.4 Å². The van der Waals surface area contributed by atoms with E-state index in [4.69, 9.17) is 18.9 Å². The van der Waals surface area contributed by atoms with Gasteiger partial charge in [0.05, 0.1) is 45.0 Å². The normalized spacial score (nSPS) is 16.7. The number of hydrazone groups is 1. The van der Waals surface area contributed by atoms with E-state index < -0.39 is 0 Å². The first-order valence-electron chi connectivity index (χ1n) is 9.42. The minimum Gasteiger partial charge on any atom is -0.497 e. The highest BCUT2D eigenvalue weighted by Gasteiger charge is 2.36. The summed E-state index contributed by atoms with van der Waals surface area (Å²) >= 11 is 3.38. The van der Waals surface area contributed by atoms with Crippen LogP contribution in [-0.4, -0.2) is 49.9 Å². The van der Waals surface area contributed by atoms with Gasteiger partial charge >= 0.3 is 0 Å². The third-order valence-corrected chi connectivity index (χ3v) is 5.38. The van der Waals surface area contributed by atoms with E-state index in [0.717, 1.165) is 16.8 Å². The Morgan fingerprint density at radius 2 is 1.70 bits per heavy atom. The van der Waals surface area contributed by atoms with Gasteiger partial charge in [-0.1, -0.05) is 15.9 Å². The zero-order valence-corrected chi connectivity index (χ0v) is 19.2. The molecule has 0 spiro atoms. The van der Waals surface area contributed by atoms with Crippen molar-refractivity contribution in [3.8, 4) is 23.0 Å². The second-order valence-electron chi connectivity index (χ2n) is 6.74. The number of hydrogen-bond donors (Lipinski definition) is 0. The van der Waals surface area contributed by atoms with Crippen molar-refractivity contribution in [2.45, 2.75) is 24.2 Å². The van der Waals surface area contributed by atoms with Gasteiger partial charge < -0.3 is 18.9 Å². The van der Waals surface area contributed by atoms with Crippen LogP contribution in [0.3, 0.4) is 0 Å². The molecular formula is C22H25BrN2O5. The van der Waals surface area contributed by atoms with Crippen LogP contribution in [-0.2, 0) is 4.79 Å². The van der Waals surface area contributed by atoms with Gasteiger partial charge in [-0.2, -0.15) is 5.10 Å². The van der Waals surface area contributed by atoms with Crippen LogP contribution in [0.1, 0.15) is 30.5 Å². The summed E-state index contributed by atoms with van der Waals surface area (Å²) in [5, 5.41) is 6.20. The van der Waals surface area contributed by atoms with Crippen LogP contribution in [0.5, 0.6) is 23.0 Å². The molecule has 2 aromatic rings. The summed E-state index contributed by atoms with van der Waals surface area (Å²) in [4.78, 5) is 12.5. The van der Waals surface area contributed by atoms with Crippen molar-refractivity contribution < 1.29 is 23.7 Å². The second-order valence-corrected chi connectivity index (χ2v) is 8.12. The Kier molecular flexibility index (Phi) is 6.87. The van der Waals surface area contributed by atoms with E-state index in [2.05, 4.69) is 21.0 Å². The highest BCUT2D eigenvalue weighted by molar-refractivity contribution is 9.10. The number of amides is 1. The van der Waals surface area contributed by atoms with Gasteiger partial charge in [0.15, 0.2) is 11.5 Å². The molecule has 3 rings (SSSR count). The maximum atomic E-state index is 12.9. The Balaban J connectivity index is 2.03. The van der Waals surface area contributed by atoms with Gasteiger partial charge in [0.2, 0.25) is 0 Å². The molecule has 0 radical (unpaired) electrons. The van der Waals surface area contributed by atoms with Crippen LogP contribution in [0.2, 0.25) is 0 Å². The molecule has 7 nitrogen and oxygen atoms in total. The second kappa shape index (κ2) is 9.38. The number of ether oxygens (including phenoxy) is 4. The van der Waals surface area contributed by atoms with Crippen molar-refractivity contribution in [2.24, 2.45) is 5.10 Å². The third-order valence-electron chi connectivity index (χ3n) is 4.99. The summed E-state index contributed by atoms with van der Waals surface area (Å²) in [5.74, 6) is 2.43. The Bertz CT molecular complexity index is 961. The largest absolute Gasteiger partial charge is 0.497 e. The lowest BCUT2D eigenvalue weighted by molar-refractivity contribution is -0.131. The lowest BCUT2D eigenvalue weighted by atomic mass is 9.97. The fourth-order valence-electron chi connectivity index (χ4n) is 3.42. The monoisotopic (exact) mass is 476 g/mol. The van der Waals surface area contributed by atoms with Gasteiger partial charge in [0, 0.05) is 23.6 Å². The predicted octanol–water partition coefficient (Wildman–Crippen LogP) is 4.18. The zero-order chi connectivity index (χ0) is 21.8. The number of alkyl halides is 1. The number of halogens is 1. The van der Waals surface area contributed by atoms with Gasteiger partial charge in [0.25, 0.3) is 5.91 Å². The summed E-state index contributed by atoms with van der Waals surface area (Å²) in [7, 11) is 6.38. The summed E-state index contributed by atoms with van der Waals surface area (Å²) in [6.45, 7) is 1.79. The molecule has 0 saturated carbocycles. The Labute approximate surface area is 184 Å². The molecule has 160 valence electrons. The summed E-state index contributed by atoms with van der Waals surface area (Å²) in [6.07, 6.45) is 0.531. The van der Waals surface area contributed by atoms with Gasteiger partial charge in [-0.05, 0) is 37.3 Å². The molecule has 8 heteroatoms. The maximum absolute atomic E-state index is 12.9. The van der Waals surface area contributed by atoms with E-state index in [9.17, 15) is 4.79 Å². The van der Waals surface area contributed by atoms with Gasteiger partial charge in [-0.25, -0.2) is 5.01 Å². The first-order valence-corrected chi connectivity index (χ1v) is 10.3. The molecule has 1 aliphatic heterocycles. The molecule has 1 amide bonds. The molecule has 0 aliphatic carbocycles. The maximum Gasteiger partial charge on any atom is 0.256 e. The SMILES string of the molecule is COc1ccc(C2CC(c3ccc(OC)c(OC)c3)=NN2C(=O)C(C)Br)c(OC)c1. The zero-order valence-electron chi connectivity index (χ0n) is 17.6. The molecule has 0 bridgehead atoms. The molecule has 2 unspecified atom stereocenters. The molecule has 0 saturated heterocycles. The van der Waals surface area contributed by atoms with Crippen LogP contribution in [0.4, 0.5) is 0 Å². The summed E-state index contributed by atoms with van der Waals surface area (Å²) < 4.78 is 21.6. The number of carbonyl (C=O) groups excluding carboxylic acids is 1. The van der Waals surface area contributed by atoms with Crippen LogP contribution in [0.25, 0.3) is 0 Å². The van der Waals surface area contributed by atoms with E-state index in [1.807, 2.05) is 36.4 Å². The first kappa shape index (κ1) is 22.0. The number of carbonyl (C=O) groups is 1. The molecular weight excluding hydrogens is 452 g/mol. The highest BCUT2D eigenvalue weighted by atomic mass is 79.9. The highest BCUT2D eigenvalue weighted by Crippen LogP contribution is 2.40. The Hall–Kier alpha value is -2.74. The molecule has 0 fully saturated rings. The third kappa shape index (κ3) is 4.23. The van der Waals surface area contributed by atoms with E-state index >= 15 is 0 Å². The lowest BCUT2D eigenvalue weighted by Crippen LogP contribution is -2.32. The topological polar surface area (TPSA) is 69.6 Å².